The van der Waals surface area contributed by atoms with Crippen molar-refractivity contribution in [2.24, 2.45) is 0 Å². The van der Waals surface area contributed by atoms with E-state index in [1.807, 2.05) is 0 Å². The molecule has 2 aromatic carbocycles. The van der Waals surface area contributed by atoms with Gasteiger partial charge in [-0.1, -0.05) is 35.9 Å². The van der Waals surface area contributed by atoms with Crippen molar-refractivity contribution in [2.75, 3.05) is 50.8 Å². The first kappa shape index (κ1) is 21.3. The van der Waals surface area contributed by atoms with E-state index in [1.54, 1.807) is 53.4 Å². The first-order valence-corrected chi connectivity index (χ1v) is 11.7. The summed E-state index contributed by atoms with van der Waals surface area (Å²) in [5, 5.41) is 0.577. The average Bonchev–Trinajstić information content (AvgIpc) is 2.82. The molecule has 0 aliphatic carbocycles. The van der Waals surface area contributed by atoms with E-state index in [-0.39, 0.29) is 23.9 Å². The largest absolute Gasteiger partial charge is 0.379 e. The van der Waals surface area contributed by atoms with E-state index in [0.717, 1.165) is 18.7 Å². The predicted molar refractivity (Wildman–Crippen MR) is 115 cm³/mol. The molecule has 0 bridgehead atoms. The first-order valence-electron chi connectivity index (χ1n) is 9.89. The van der Waals surface area contributed by atoms with Crippen LogP contribution >= 0.6 is 11.6 Å². The second-order valence-electron chi connectivity index (χ2n) is 7.37. The fourth-order valence-electron chi connectivity index (χ4n) is 3.74. The lowest BCUT2D eigenvalue weighted by molar-refractivity contribution is -0.118. The van der Waals surface area contributed by atoms with Gasteiger partial charge in [0.25, 0.3) is 0 Å². The number of fused-ring (bicyclic) bond motifs is 1. The molecule has 0 spiro atoms. The van der Waals surface area contributed by atoms with Crippen molar-refractivity contribution in [3.8, 4) is 0 Å². The van der Waals surface area contributed by atoms with Crippen LogP contribution in [0.25, 0.3) is 0 Å². The number of halogens is 1. The van der Waals surface area contributed by atoms with E-state index >= 15 is 0 Å². The van der Waals surface area contributed by atoms with Crippen LogP contribution in [0.4, 0.5) is 5.69 Å². The molecule has 2 aliphatic rings. The van der Waals surface area contributed by atoms with Crippen molar-refractivity contribution in [3.05, 3.63) is 59.1 Å². The molecule has 0 N–H and O–H groups in total. The lowest BCUT2D eigenvalue weighted by Crippen LogP contribution is -2.45. The normalized spacial score (nSPS) is 20.0. The van der Waals surface area contributed by atoms with Crippen LogP contribution in [0.5, 0.6) is 0 Å². The van der Waals surface area contributed by atoms with Gasteiger partial charge in [0, 0.05) is 37.7 Å². The molecule has 4 rings (SSSR count). The minimum atomic E-state index is -3.83. The third-order valence-electron chi connectivity index (χ3n) is 5.40. The van der Waals surface area contributed by atoms with Crippen LogP contribution in [0.15, 0.2) is 53.4 Å². The molecule has 30 heavy (non-hydrogen) atoms. The Hall–Kier alpha value is -1.97. The number of amides is 1. The van der Waals surface area contributed by atoms with E-state index in [4.69, 9.17) is 16.3 Å². The van der Waals surface area contributed by atoms with Crippen molar-refractivity contribution in [1.29, 1.82) is 0 Å². The summed E-state index contributed by atoms with van der Waals surface area (Å²) < 4.78 is 33.4. The summed E-state index contributed by atoms with van der Waals surface area (Å²) in [6.07, 6.45) is 0. The summed E-state index contributed by atoms with van der Waals surface area (Å²) in [4.78, 5) is 17.1. The molecular formula is C21H24ClN3O4S. The molecule has 1 saturated heterocycles. The Morgan fingerprint density at radius 2 is 1.67 bits per heavy atom. The van der Waals surface area contributed by atoms with Crippen LogP contribution < -0.4 is 4.90 Å². The number of morpholine rings is 1. The summed E-state index contributed by atoms with van der Waals surface area (Å²) in [5.74, 6) is -0.231. The molecule has 7 nitrogen and oxygen atoms in total. The Morgan fingerprint density at radius 3 is 2.40 bits per heavy atom. The number of nitrogens with zero attached hydrogens (tertiary/aromatic N) is 3. The zero-order chi connectivity index (χ0) is 21.1. The summed E-state index contributed by atoms with van der Waals surface area (Å²) in [6, 6.07) is 13.7. The Balaban J connectivity index is 1.62. The first-order chi connectivity index (χ1) is 14.4. The zero-order valence-corrected chi connectivity index (χ0v) is 18.1. The SMILES string of the molecule is O=C1CN(Cc2ccc(Cl)cc2)S(=O)(=O)c2ccccc2N1CCN1CCOCC1. The molecule has 2 aromatic rings. The molecule has 9 heteroatoms. The molecule has 2 heterocycles. The maximum Gasteiger partial charge on any atom is 0.245 e. The molecule has 2 aliphatic heterocycles. The molecule has 0 atom stereocenters. The Morgan fingerprint density at radius 1 is 0.967 bits per heavy atom. The van der Waals surface area contributed by atoms with Gasteiger partial charge in [0.1, 0.15) is 4.90 Å². The Labute approximate surface area is 181 Å². The van der Waals surface area contributed by atoms with E-state index in [9.17, 15) is 13.2 Å². The van der Waals surface area contributed by atoms with Crippen molar-refractivity contribution in [1.82, 2.24) is 9.21 Å². The second-order valence-corrected chi connectivity index (χ2v) is 9.71. The number of hydrogen-bond acceptors (Lipinski definition) is 5. The van der Waals surface area contributed by atoms with Crippen molar-refractivity contribution in [2.45, 2.75) is 11.4 Å². The van der Waals surface area contributed by atoms with Crippen LogP contribution in [-0.4, -0.2) is 69.5 Å². The van der Waals surface area contributed by atoms with Crippen LogP contribution in [0, 0.1) is 0 Å². The fraction of sp³-hybridized carbons (Fsp3) is 0.381. The third kappa shape index (κ3) is 4.53. The van der Waals surface area contributed by atoms with Crippen LogP contribution in [-0.2, 0) is 26.1 Å². The van der Waals surface area contributed by atoms with Gasteiger partial charge in [-0.3, -0.25) is 9.69 Å². The van der Waals surface area contributed by atoms with Crippen molar-refractivity contribution in [3.63, 3.8) is 0 Å². The standard InChI is InChI=1S/C21H24ClN3O4S/c22-18-7-5-17(6-8-18)15-24-16-21(26)25(10-9-23-11-13-29-14-12-23)19-3-1-2-4-20(19)30(24,27)28/h1-8H,9-16H2. The molecule has 0 radical (unpaired) electrons. The lowest BCUT2D eigenvalue weighted by Gasteiger charge is -2.30. The number of benzene rings is 2. The smallest absolute Gasteiger partial charge is 0.245 e. The second kappa shape index (κ2) is 9.03. The number of ether oxygens (including phenoxy) is 1. The molecular weight excluding hydrogens is 426 g/mol. The van der Waals surface area contributed by atoms with Crippen LogP contribution in [0.3, 0.4) is 0 Å². The van der Waals surface area contributed by atoms with Gasteiger partial charge < -0.3 is 9.64 Å². The van der Waals surface area contributed by atoms with Gasteiger partial charge in [-0.15, -0.1) is 0 Å². The average molecular weight is 450 g/mol. The number of sulfonamides is 1. The van der Waals surface area contributed by atoms with E-state index in [2.05, 4.69) is 4.90 Å². The number of carbonyl (C=O) groups is 1. The molecule has 1 fully saturated rings. The fourth-order valence-corrected chi connectivity index (χ4v) is 5.44. The van der Waals surface area contributed by atoms with Crippen molar-refractivity contribution >= 4 is 33.2 Å². The zero-order valence-electron chi connectivity index (χ0n) is 16.5. The van der Waals surface area contributed by atoms with Crippen LogP contribution in [0.2, 0.25) is 5.02 Å². The van der Waals surface area contributed by atoms with E-state index < -0.39 is 10.0 Å². The van der Waals surface area contributed by atoms with Gasteiger partial charge >= 0.3 is 0 Å². The topological polar surface area (TPSA) is 70.2 Å². The summed E-state index contributed by atoms with van der Waals surface area (Å²) in [5.41, 5.74) is 1.21. The predicted octanol–water partition coefficient (Wildman–Crippen LogP) is 2.21. The van der Waals surface area contributed by atoms with Crippen LogP contribution in [0.1, 0.15) is 5.56 Å². The number of rotatable bonds is 5. The van der Waals surface area contributed by atoms with Gasteiger partial charge in [-0.2, -0.15) is 4.31 Å². The van der Waals surface area contributed by atoms with Gasteiger partial charge in [-0.05, 0) is 29.8 Å². The summed E-state index contributed by atoms with van der Waals surface area (Å²) in [6.45, 7) is 3.97. The quantitative estimate of drug-likeness (QED) is 0.700. The highest BCUT2D eigenvalue weighted by Gasteiger charge is 2.36. The van der Waals surface area contributed by atoms with E-state index in [0.29, 0.717) is 37.0 Å². The van der Waals surface area contributed by atoms with Gasteiger partial charge in [0.05, 0.1) is 25.4 Å². The number of hydrogen-bond donors (Lipinski definition) is 0. The summed E-state index contributed by atoms with van der Waals surface area (Å²) in [7, 11) is -3.83. The molecule has 160 valence electrons. The van der Waals surface area contributed by atoms with Gasteiger partial charge in [0.15, 0.2) is 0 Å². The number of anilines is 1. The third-order valence-corrected chi connectivity index (χ3v) is 7.49. The molecule has 0 unspecified atom stereocenters. The highest BCUT2D eigenvalue weighted by Crippen LogP contribution is 2.32. The minimum Gasteiger partial charge on any atom is -0.379 e. The van der Waals surface area contributed by atoms with Gasteiger partial charge in [-0.25, -0.2) is 8.42 Å². The molecule has 0 saturated carbocycles. The number of carbonyl (C=O) groups excluding carboxylic acids is 1. The highest BCUT2D eigenvalue weighted by atomic mass is 35.5. The highest BCUT2D eigenvalue weighted by molar-refractivity contribution is 7.89. The van der Waals surface area contributed by atoms with Crippen molar-refractivity contribution < 1.29 is 17.9 Å². The van der Waals surface area contributed by atoms with Gasteiger partial charge in [0.2, 0.25) is 15.9 Å². The van der Waals surface area contributed by atoms with E-state index in [1.165, 1.54) is 4.31 Å². The number of para-hydroxylation sites is 1. The maximum atomic E-state index is 13.4. The molecule has 1 amide bonds. The monoisotopic (exact) mass is 449 g/mol. The minimum absolute atomic E-state index is 0.108. The maximum absolute atomic E-state index is 13.4. The lowest BCUT2D eigenvalue weighted by atomic mass is 10.2. The Kier molecular flexibility index (Phi) is 6.40. The summed E-state index contributed by atoms with van der Waals surface area (Å²) >= 11 is 5.94. The molecule has 0 aromatic heterocycles. The Bertz CT molecular complexity index is 1010.